The summed E-state index contributed by atoms with van der Waals surface area (Å²) in [5.41, 5.74) is 0. The number of carbonyl (C=O) groups is 1. The molecule has 0 radical (unpaired) electrons. The number of nitrogens with zero attached hydrogens (tertiary/aromatic N) is 1. The number of hydrogen-bond acceptors (Lipinski definition) is 5. The molecule has 6 nitrogen and oxygen atoms in total. The van der Waals surface area contributed by atoms with Crippen LogP contribution in [0.3, 0.4) is 0 Å². The number of aliphatic hydroxyl groups excluding tert-OH is 1. The van der Waals surface area contributed by atoms with E-state index in [0.717, 1.165) is 15.6 Å². The average molecular weight is 277 g/mol. The first kappa shape index (κ1) is 12.5. The van der Waals surface area contributed by atoms with E-state index in [1.54, 1.807) is 0 Å². The molecule has 0 amide bonds. The van der Waals surface area contributed by atoms with E-state index >= 15 is 0 Å². The van der Waals surface area contributed by atoms with Gasteiger partial charge < -0.3 is 10.2 Å². The van der Waals surface area contributed by atoms with E-state index in [4.69, 9.17) is 5.11 Å². The first-order valence-electron chi connectivity index (χ1n) is 4.92. The lowest BCUT2D eigenvalue weighted by Crippen LogP contribution is -2.30. The Morgan fingerprint density at radius 2 is 2.24 bits per heavy atom. The fraction of sp³-hybridized carbons (Fsp3) is 0.444. The highest BCUT2D eigenvalue weighted by Crippen LogP contribution is 2.27. The third kappa shape index (κ3) is 2.21. The molecule has 1 saturated heterocycles. The largest absolute Gasteiger partial charge is 0.477 e. The Labute approximate surface area is 102 Å². The smallest absolute Gasteiger partial charge is 0.347 e. The Hall–Kier alpha value is -0.960. The molecule has 1 aromatic heterocycles. The summed E-state index contributed by atoms with van der Waals surface area (Å²) >= 11 is 0.876. The molecule has 1 aliphatic heterocycles. The first-order chi connectivity index (χ1) is 7.93. The van der Waals surface area contributed by atoms with Gasteiger partial charge in [0.2, 0.25) is 10.0 Å². The van der Waals surface area contributed by atoms with Crippen molar-refractivity contribution in [1.29, 1.82) is 0 Å². The van der Waals surface area contributed by atoms with Crippen LogP contribution in [-0.2, 0) is 10.0 Å². The maximum Gasteiger partial charge on any atom is 0.347 e. The van der Waals surface area contributed by atoms with Crippen molar-refractivity contribution in [2.24, 2.45) is 0 Å². The number of β-amino-alcohol motifs (C(OH)–C–C–N with tert-alkyl or cyclic N) is 1. The lowest BCUT2D eigenvalue weighted by molar-refractivity contribution is 0.0698. The van der Waals surface area contributed by atoms with Gasteiger partial charge in [0.05, 0.1) is 6.10 Å². The van der Waals surface area contributed by atoms with E-state index in [9.17, 15) is 18.3 Å². The molecule has 0 aromatic carbocycles. The zero-order chi connectivity index (χ0) is 12.6. The standard InChI is InChI=1S/C9H11NO5S2/c11-6-1-3-10(5-6)17(14,15)7-2-4-16-8(7)9(12)13/h2,4,6,11H,1,3,5H2,(H,12,13)/t6-/m1/s1. The summed E-state index contributed by atoms with van der Waals surface area (Å²) < 4.78 is 25.4. The van der Waals surface area contributed by atoms with E-state index in [1.807, 2.05) is 0 Å². The van der Waals surface area contributed by atoms with Crippen molar-refractivity contribution in [2.75, 3.05) is 13.1 Å². The predicted octanol–water partition coefficient (Wildman–Crippen LogP) is 0.202. The zero-order valence-electron chi connectivity index (χ0n) is 8.74. The SMILES string of the molecule is O=C(O)c1sccc1S(=O)(=O)N1CC[C@@H](O)C1. The Bertz CT molecular complexity index is 535. The second kappa shape index (κ2) is 4.37. The molecular weight excluding hydrogens is 266 g/mol. The molecule has 2 heterocycles. The quantitative estimate of drug-likeness (QED) is 0.823. The van der Waals surface area contributed by atoms with Gasteiger partial charge in [-0.2, -0.15) is 4.31 Å². The minimum atomic E-state index is -3.80. The Kier molecular flexibility index (Phi) is 3.21. The van der Waals surface area contributed by atoms with Crippen LogP contribution in [0.1, 0.15) is 16.1 Å². The van der Waals surface area contributed by atoms with Gasteiger partial charge in [0.1, 0.15) is 9.77 Å². The molecular formula is C9H11NO5S2. The topological polar surface area (TPSA) is 94.9 Å². The molecule has 0 bridgehead atoms. The number of hydrogen-bond donors (Lipinski definition) is 2. The van der Waals surface area contributed by atoms with Crippen LogP contribution in [0.15, 0.2) is 16.3 Å². The molecule has 8 heteroatoms. The van der Waals surface area contributed by atoms with Crippen LogP contribution in [0.5, 0.6) is 0 Å². The molecule has 0 spiro atoms. The highest BCUT2D eigenvalue weighted by Gasteiger charge is 2.34. The first-order valence-corrected chi connectivity index (χ1v) is 7.24. The molecule has 1 atom stereocenters. The maximum atomic E-state index is 12.1. The van der Waals surface area contributed by atoms with Gasteiger partial charge in [-0.05, 0) is 17.9 Å². The van der Waals surface area contributed by atoms with Crippen LogP contribution in [0.2, 0.25) is 0 Å². The van der Waals surface area contributed by atoms with Gasteiger partial charge in [-0.25, -0.2) is 13.2 Å². The molecule has 1 fully saturated rings. The van der Waals surface area contributed by atoms with Crippen molar-refractivity contribution in [3.05, 3.63) is 16.3 Å². The fourth-order valence-electron chi connectivity index (χ4n) is 1.72. The van der Waals surface area contributed by atoms with Crippen molar-refractivity contribution in [3.63, 3.8) is 0 Å². The van der Waals surface area contributed by atoms with Crippen LogP contribution in [-0.4, -0.2) is 48.1 Å². The van der Waals surface area contributed by atoms with Crippen molar-refractivity contribution < 1.29 is 23.4 Å². The third-order valence-corrected chi connectivity index (χ3v) is 5.51. The van der Waals surface area contributed by atoms with Gasteiger partial charge in [-0.3, -0.25) is 0 Å². The lowest BCUT2D eigenvalue weighted by Gasteiger charge is -2.15. The number of thiophene rings is 1. The molecule has 2 N–H and O–H groups in total. The molecule has 1 aliphatic rings. The summed E-state index contributed by atoms with van der Waals surface area (Å²) in [4.78, 5) is 10.5. The van der Waals surface area contributed by atoms with E-state index in [-0.39, 0.29) is 22.9 Å². The van der Waals surface area contributed by atoms with Crippen molar-refractivity contribution in [2.45, 2.75) is 17.4 Å². The number of rotatable bonds is 3. The van der Waals surface area contributed by atoms with Gasteiger partial charge >= 0.3 is 5.97 Å². The highest BCUT2D eigenvalue weighted by molar-refractivity contribution is 7.89. The lowest BCUT2D eigenvalue weighted by atomic mass is 10.3. The van der Waals surface area contributed by atoms with Gasteiger partial charge in [0.25, 0.3) is 0 Å². The average Bonchev–Trinajstić information content (AvgIpc) is 2.84. The van der Waals surface area contributed by atoms with E-state index in [1.165, 1.54) is 11.4 Å². The van der Waals surface area contributed by atoms with Crippen LogP contribution in [0.25, 0.3) is 0 Å². The minimum absolute atomic E-state index is 0.0250. The molecule has 0 saturated carbocycles. The van der Waals surface area contributed by atoms with Crippen LogP contribution < -0.4 is 0 Å². The van der Waals surface area contributed by atoms with E-state index in [2.05, 4.69) is 0 Å². The molecule has 1 aromatic rings. The zero-order valence-corrected chi connectivity index (χ0v) is 10.4. The van der Waals surface area contributed by atoms with Crippen molar-refractivity contribution >= 4 is 27.3 Å². The van der Waals surface area contributed by atoms with Gasteiger partial charge in [-0.15, -0.1) is 11.3 Å². The summed E-state index contributed by atoms with van der Waals surface area (Å²) in [5, 5.41) is 19.6. The Balaban J connectivity index is 2.38. The Morgan fingerprint density at radius 1 is 1.53 bits per heavy atom. The molecule has 2 rings (SSSR count). The minimum Gasteiger partial charge on any atom is -0.477 e. The highest BCUT2D eigenvalue weighted by atomic mass is 32.2. The fourth-order valence-corrected chi connectivity index (χ4v) is 4.45. The number of carboxylic acids is 1. The van der Waals surface area contributed by atoms with Crippen molar-refractivity contribution in [3.8, 4) is 0 Å². The summed E-state index contributed by atoms with van der Waals surface area (Å²) in [5.74, 6) is -1.25. The monoisotopic (exact) mass is 277 g/mol. The van der Waals surface area contributed by atoms with Crippen molar-refractivity contribution in [1.82, 2.24) is 4.31 Å². The summed E-state index contributed by atoms with van der Waals surface area (Å²) in [7, 11) is -3.80. The second-order valence-corrected chi connectivity index (χ2v) is 6.55. The number of aliphatic hydroxyl groups is 1. The summed E-state index contributed by atoms with van der Waals surface area (Å²) in [6.07, 6.45) is -0.289. The van der Waals surface area contributed by atoms with Crippen LogP contribution in [0.4, 0.5) is 0 Å². The van der Waals surface area contributed by atoms with E-state index in [0.29, 0.717) is 6.42 Å². The normalized spacial score (nSPS) is 21.8. The van der Waals surface area contributed by atoms with Crippen LogP contribution in [0, 0.1) is 0 Å². The molecule has 0 unspecified atom stereocenters. The summed E-state index contributed by atoms with van der Waals surface area (Å²) in [6, 6.07) is 1.29. The Morgan fingerprint density at radius 3 is 2.76 bits per heavy atom. The molecule has 0 aliphatic carbocycles. The predicted molar refractivity (Wildman–Crippen MR) is 60.7 cm³/mol. The van der Waals surface area contributed by atoms with Gasteiger partial charge in [0.15, 0.2) is 0 Å². The van der Waals surface area contributed by atoms with E-state index < -0.39 is 22.1 Å². The summed E-state index contributed by atoms with van der Waals surface area (Å²) in [6.45, 7) is 0.246. The van der Waals surface area contributed by atoms with Crippen LogP contribution >= 0.6 is 11.3 Å². The molecule has 17 heavy (non-hydrogen) atoms. The maximum absolute atomic E-state index is 12.1. The second-order valence-electron chi connectivity index (χ2n) is 3.72. The number of sulfonamides is 1. The molecule has 94 valence electrons. The van der Waals surface area contributed by atoms with Gasteiger partial charge in [-0.1, -0.05) is 0 Å². The third-order valence-electron chi connectivity index (χ3n) is 2.57. The number of carboxylic acid groups (broad SMARTS) is 1. The van der Waals surface area contributed by atoms with Gasteiger partial charge in [0, 0.05) is 13.1 Å². The number of aromatic carboxylic acids is 1.